The van der Waals surface area contributed by atoms with Crippen molar-refractivity contribution in [1.29, 1.82) is 0 Å². The van der Waals surface area contributed by atoms with Crippen LogP contribution in [0.25, 0.3) is 11.4 Å². The van der Waals surface area contributed by atoms with E-state index >= 15 is 0 Å². The number of hydrogen-bond donors (Lipinski definition) is 0. The first-order valence-corrected chi connectivity index (χ1v) is 4.60. The largest absolute Gasteiger partial charge is 0.219 e. The van der Waals surface area contributed by atoms with E-state index in [-0.39, 0.29) is 5.82 Å². The fourth-order valence-electron chi connectivity index (χ4n) is 1.34. The lowest BCUT2D eigenvalue weighted by molar-refractivity contribution is 0.628. The summed E-state index contributed by atoms with van der Waals surface area (Å²) < 4.78 is 12.7. The Hall–Kier alpha value is -1.84. The molecule has 0 N–H and O–H groups in total. The molecule has 0 saturated heterocycles. The lowest BCUT2D eigenvalue weighted by atomic mass is 10.2. The molecule has 3 nitrogen and oxygen atoms in total. The van der Waals surface area contributed by atoms with Crippen LogP contribution in [0.2, 0.25) is 0 Å². The van der Waals surface area contributed by atoms with Gasteiger partial charge in [-0.15, -0.1) is 0 Å². The molecule has 0 fully saturated rings. The molecule has 0 bridgehead atoms. The topological polar surface area (TPSA) is 38.7 Å². The highest BCUT2D eigenvalue weighted by Crippen LogP contribution is 2.14. The Morgan fingerprint density at radius 2 is 1.40 bits per heavy atom. The fourth-order valence-corrected chi connectivity index (χ4v) is 1.34. The zero-order valence-electron chi connectivity index (χ0n) is 8.53. The molecule has 0 unspecified atom stereocenters. The molecule has 0 amide bonds. The fraction of sp³-hybridized carbons (Fsp3) is 0.182. The third-order valence-corrected chi connectivity index (χ3v) is 1.96. The Morgan fingerprint density at radius 3 is 1.93 bits per heavy atom. The standard InChI is InChI=1S/C11H10FN3/c1-7-13-8(2)15-11(14-7)9-3-5-10(12)6-4-9/h3-6H,1-2H3. The van der Waals surface area contributed by atoms with E-state index in [9.17, 15) is 4.39 Å². The van der Waals surface area contributed by atoms with E-state index in [1.165, 1.54) is 12.1 Å². The quantitative estimate of drug-likeness (QED) is 0.713. The van der Waals surface area contributed by atoms with Gasteiger partial charge in [0.15, 0.2) is 5.82 Å². The summed E-state index contributed by atoms with van der Waals surface area (Å²) in [6.07, 6.45) is 0. The average molecular weight is 203 g/mol. The van der Waals surface area contributed by atoms with Gasteiger partial charge in [0.05, 0.1) is 0 Å². The Labute approximate surface area is 87.0 Å². The van der Waals surface area contributed by atoms with E-state index in [0.29, 0.717) is 17.5 Å². The molecule has 1 aromatic heterocycles. The second-order valence-electron chi connectivity index (χ2n) is 3.26. The van der Waals surface area contributed by atoms with Gasteiger partial charge in [-0.05, 0) is 38.1 Å². The van der Waals surface area contributed by atoms with Crippen LogP contribution in [0, 0.1) is 19.7 Å². The van der Waals surface area contributed by atoms with Crippen LogP contribution in [0.3, 0.4) is 0 Å². The molecule has 1 heterocycles. The first-order chi connectivity index (χ1) is 7.15. The van der Waals surface area contributed by atoms with Gasteiger partial charge < -0.3 is 0 Å². The van der Waals surface area contributed by atoms with E-state index in [0.717, 1.165) is 5.56 Å². The van der Waals surface area contributed by atoms with Crippen molar-refractivity contribution in [3.8, 4) is 11.4 Å². The third-order valence-electron chi connectivity index (χ3n) is 1.96. The van der Waals surface area contributed by atoms with Crippen LogP contribution in [-0.2, 0) is 0 Å². The highest BCUT2D eigenvalue weighted by Gasteiger charge is 2.03. The maximum absolute atomic E-state index is 12.7. The molecule has 15 heavy (non-hydrogen) atoms. The number of aromatic nitrogens is 3. The van der Waals surface area contributed by atoms with Crippen LogP contribution in [0.5, 0.6) is 0 Å². The van der Waals surface area contributed by atoms with Crippen LogP contribution < -0.4 is 0 Å². The summed E-state index contributed by atoms with van der Waals surface area (Å²) in [7, 11) is 0. The normalized spacial score (nSPS) is 10.3. The highest BCUT2D eigenvalue weighted by atomic mass is 19.1. The summed E-state index contributed by atoms with van der Waals surface area (Å²) in [5.41, 5.74) is 0.796. The molecular weight excluding hydrogens is 193 g/mol. The number of hydrogen-bond acceptors (Lipinski definition) is 3. The van der Waals surface area contributed by atoms with Crippen LogP contribution in [-0.4, -0.2) is 15.0 Å². The van der Waals surface area contributed by atoms with Gasteiger partial charge in [0, 0.05) is 5.56 Å². The van der Waals surface area contributed by atoms with Crippen molar-refractivity contribution in [1.82, 2.24) is 15.0 Å². The lowest BCUT2D eigenvalue weighted by Crippen LogP contribution is -1.98. The van der Waals surface area contributed by atoms with Crippen LogP contribution >= 0.6 is 0 Å². The zero-order valence-corrected chi connectivity index (χ0v) is 8.53. The maximum atomic E-state index is 12.7. The predicted octanol–water partition coefficient (Wildman–Crippen LogP) is 2.29. The van der Waals surface area contributed by atoms with Gasteiger partial charge >= 0.3 is 0 Å². The molecule has 0 spiro atoms. The molecule has 0 radical (unpaired) electrons. The number of benzene rings is 1. The van der Waals surface area contributed by atoms with Gasteiger partial charge in [-0.25, -0.2) is 19.3 Å². The smallest absolute Gasteiger partial charge is 0.163 e. The van der Waals surface area contributed by atoms with Gasteiger partial charge in [0.1, 0.15) is 17.5 Å². The van der Waals surface area contributed by atoms with E-state index < -0.39 is 0 Å². The minimum absolute atomic E-state index is 0.263. The minimum Gasteiger partial charge on any atom is -0.219 e. The molecule has 0 atom stereocenters. The summed E-state index contributed by atoms with van der Waals surface area (Å²) in [5, 5.41) is 0. The van der Waals surface area contributed by atoms with Crippen molar-refractivity contribution in [2.24, 2.45) is 0 Å². The summed E-state index contributed by atoms with van der Waals surface area (Å²) in [6, 6.07) is 6.10. The predicted molar refractivity (Wildman–Crippen MR) is 54.7 cm³/mol. The highest BCUT2D eigenvalue weighted by molar-refractivity contribution is 5.54. The van der Waals surface area contributed by atoms with Gasteiger partial charge in [0.2, 0.25) is 0 Å². The molecule has 0 aliphatic rings. The summed E-state index contributed by atoms with van der Waals surface area (Å²) in [4.78, 5) is 12.5. The lowest BCUT2D eigenvalue weighted by Gasteiger charge is -2.01. The van der Waals surface area contributed by atoms with E-state index in [4.69, 9.17) is 0 Å². The van der Waals surface area contributed by atoms with Crippen molar-refractivity contribution >= 4 is 0 Å². The van der Waals surface area contributed by atoms with Crippen molar-refractivity contribution in [3.05, 3.63) is 41.7 Å². The first-order valence-electron chi connectivity index (χ1n) is 4.60. The molecule has 76 valence electrons. The van der Waals surface area contributed by atoms with Crippen LogP contribution in [0.4, 0.5) is 4.39 Å². The number of aryl methyl sites for hydroxylation is 2. The molecule has 0 aliphatic carbocycles. The number of halogens is 1. The Kier molecular flexibility index (Phi) is 2.41. The van der Waals surface area contributed by atoms with E-state index in [2.05, 4.69) is 15.0 Å². The third kappa shape index (κ3) is 2.15. The summed E-state index contributed by atoms with van der Waals surface area (Å²) in [5.74, 6) is 1.66. The molecule has 1 aromatic carbocycles. The molecule has 0 aliphatic heterocycles. The zero-order chi connectivity index (χ0) is 10.8. The van der Waals surface area contributed by atoms with Crippen LogP contribution in [0.15, 0.2) is 24.3 Å². The Balaban J connectivity index is 2.49. The SMILES string of the molecule is Cc1nc(C)nc(-c2ccc(F)cc2)n1. The number of rotatable bonds is 1. The van der Waals surface area contributed by atoms with Crippen LogP contribution in [0.1, 0.15) is 11.6 Å². The molecule has 2 rings (SSSR count). The summed E-state index contributed by atoms with van der Waals surface area (Å²) >= 11 is 0. The van der Waals surface area contributed by atoms with Crippen molar-refractivity contribution in [2.75, 3.05) is 0 Å². The monoisotopic (exact) mass is 203 g/mol. The minimum atomic E-state index is -0.263. The van der Waals surface area contributed by atoms with Crippen molar-refractivity contribution in [3.63, 3.8) is 0 Å². The molecule has 0 saturated carbocycles. The average Bonchev–Trinajstić information content (AvgIpc) is 2.17. The van der Waals surface area contributed by atoms with Gasteiger partial charge in [-0.1, -0.05) is 0 Å². The molecule has 2 aromatic rings. The van der Waals surface area contributed by atoms with E-state index in [1.54, 1.807) is 12.1 Å². The second kappa shape index (κ2) is 3.73. The van der Waals surface area contributed by atoms with Gasteiger partial charge in [0.25, 0.3) is 0 Å². The molecular formula is C11H10FN3. The maximum Gasteiger partial charge on any atom is 0.163 e. The summed E-state index contributed by atoms with van der Waals surface area (Å²) in [6.45, 7) is 3.61. The number of nitrogens with zero attached hydrogens (tertiary/aromatic N) is 3. The van der Waals surface area contributed by atoms with Gasteiger partial charge in [-0.3, -0.25) is 0 Å². The van der Waals surface area contributed by atoms with Crippen molar-refractivity contribution in [2.45, 2.75) is 13.8 Å². The van der Waals surface area contributed by atoms with E-state index in [1.807, 2.05) is 13.8 Å². The Morgan fingerprint density at radius 1 is 0.867 bits per heavy atom. The second-order valence-corrected chi connectivity index (χ2v) is 3.26. The Bertz CT molecular complexity index is 459. The van der Waals surface area contributed by atoms with Gasteiger partial charge in [-0.2, -0.15) is 0 Å². The first kappa shape index (κ1) is 9.71. The molecule has 4 heteroatoms. The van der Waals surface area contributed by atoms with Crippen molar-refractivity contribution < 1.29 is 4.39 Å².